The van der Waals surface area contributed by atoms with Gasteiger partial charge in [0, 0.05) is 11.1 Å². The Kier molecular flexibility index (Phi) is 10.5. The second kappa shape index (κ2) is 13.9. The fourth-order valence-electron chi connectivity index (χ4n) is 4.34. The molecule has 0 fully saturated rings. The van der Waals surface area contributed by atoms with Gasteiger partial charge in [0.05, 0.1) is 34.4 Å². The van der Waals surface area contributed by atoms with Gasteiger partial charge in [-0.3, -0.25) is 0 Å². The van der Waals surface area contributed by atoms with E-state index in [1.807, 2.05) is 42.5 Å². The molecule has 44 heavy (non-hydrogen) atoms. The Morgan fingerprint density at radius 1 is 0.636 bits per heavy atom. The van der Waals surface area contributed by atoms with Gasteiger partial charge in [0.1, 0.15) is 11.5 Å². The number of carbonyl (C=O) groups is 2. The summed E-state index contributed by atoms with van der Waals surface area (Å²) < 4.78 is 0. The van der Waals surface area contributed by atoms with Crippen molar-refractivity contribution < 1.29 is 35.1 Å². The minimum Gasteiger partial charge on any atom is -0.872 e. The zero-order valence-electron chi connectivity index (χ0n) is 24.0. The molecule has 0 saturated heterocycles. The van der Waals surface area contributed by atoms with Crippen LogP contribution in [0.1, 0.15) is 25.0 Å². The first kappa shape index (κ1) is 33.3. The molecule has 4 N–H and O–H groups in total. The molecular weight excluding hydrogens is 575 g/mol. The van der Waals surface area contributed by atoms with Crippen LogP contribution in [0.3, 0.4) is 0 Å². The molecule has 2 atom stereocenters. The standard InChI is InChI=1S/C12H10O.2C11H11NO3.Al/c13-12-9-5-4-8-11(12)10-6-2-1-3-7-10;2*1-11(10(14)15)6-5-7-3-2-4-8(13)9(7)12-11;/h1-9,13H;2*2-6,12-13H,1H3,(H,14,15);/q;;;+3/p-3. The van der Waals surface area contributed by atoms with Crippen LogP contribution in [0, 0.1) is 0 Å². The second-order valence-electron chi connectivity index (χ2n) is 10.2. The van der Waals surface area contributed by atoms with E-state index in [0.717, 1.165) is 22.3 Å². The molecule has 4 aromatic carbocycles. The van der Waals surface area contributed by atoms with Gasteiger partial charge in [-0.05, 0) is 37.1 Å². The first-order valence-electron chi connectivity index (χ1n) is 13.3. The summed E-state index contributed by atoms with van der Waals surface area (Å²) in [5.41, 5.74) is 1.56. The van der Waals surface area contributed by atoms with Gasteiger partial charge >= 0.3 is 17.4 Å². The Labute approximate surface area is 265 Å². The summed E-state index contributed by atoms with van der Waals surface area (Å²) >= 11 is 0. The number of aromatic hydroxyl groups is 2. The van der Waals surface area contributed by atoms with Gasteiger partial charge in [-0.2, -0.15) is 0 Å². The number of phenolic OH excluding ortho intramolecular Hbond substituents is 2. The molecule has 0 spiro atoms. The second-order valence-corrected chi connectivity index (χ2v) is 10.2. The number of carboxylic acids is 2. The number of phenols is 2. The van der Waals surface area contributed by atoms with Crippen molar-refractivity contribution in [3.63, 3.8) is 0 Å². The monoisotopic (exact) mass is 604 g/mol. The summed E-state index contributed by atoms with van der Waals surface area (Å²) in [6.45, 7) is 2.96. The number of nitrogens with one attached hydrogen (secondary N) is 2. The van der Waals surface area contributed by atoms with E-state index in [4.69, 9.17) is 0 Å². The summed E-state index contributed by atoms with van der Waals surface area (Å²) in [7, 11) is 0. The van der Waals surface area contributed by atoms with Crippen molar-refractivity contribution in [3.8, 4) is 28.4 Å². The number of aliphatic carboxylic acids is 2. The molecule has 220 valence electrons. The molecule has 4 aromatic rings. The summed E-state index contributed by atoms with van der Waals surface area (Å²) in [6, 6.07) is 26.7. The van der Waals surface area contributed by atoms with Crippen molar-refractivity contribution in [1.29, 1.82) is 0 Å². The predicted octanol–water partition coefficient (Wildman–Crippen LogP) is 2.73. The fourth-order valence-corrected chi connectivity index (χ4v) is 4.34. The number of para-hydroxylation sites is 3. The van der Waals surface area contributed by atoms with E-state index in [2.05, 4.69) is 10.6 Å². The molecule has 0 saturated carbocycles. The van der Waals surface area contributed by atoms with Gasteiger partial charge in [0.25, 0.3) is 0 Å². The van der Waals surface area contributed by atoms with Crippen LogP contribution < -0.4 is 26.0 Å². The van der Waals surface area contributed by atoms with E-state index >= 15 is 0 Å². The number of hydrogen-bond acceptors (Lipinski definition) is 9. The third-order valence-corrected chi connectivity index (χ3v) is 6.93. The molecule has 9 nitrogen and oxygen atoms in total. The molecule has 0 radical (unpaired) electrons. The van der Waals surface area contributed by atoms with E-state index in [9.17, 15) is 35.1 Å². The molecular formula is C34H29AlN2O7. The predicted molar refractivity (Wildman–Crippen MR) is 165 cm³/mol. The van der Waals surface area contributed by atoms with Gasteiger partial charge in [0.15, 0.2) is 0 Å². The number of rotatable bonds is 3. The largest absolute Gasteiger partial charge is 3.00 e. The number of benzene rings is 4. The van der Waals surface area contributed by atoms with E-state index in [1.54, 1.807) is 48.6 Å². The molecule has 2 unspecified atom stereocenters. The van der Waals surface area contributed by atoms with Gasteiger partial charge in [-0.15, -0.1) is 5.75 Å². The minimum absolute atomic E-state index is 0. The van der Waals surface area contributed by atoms with Crippen molar-refractivity contribution in [2.45, 2.75) is 24.9 Å². The maximum atomic E-state index is 11.4. The van der Waals surface area contributed by atoms with Crippen LogP contribution in [0.4, 0.5) is 11.4 Å². The number of anilines is 2. The third kappa shape index (κ3) is 7.42. The summed E-state index contributed by atoms with van der Waals surface area (Å²) in [6.07, 6.45) is 6.32. The molecule has 2 heterocycles. The van der Waals surface area contributed by atoms with Crippen LogP contribution in [-0.4, -0.2) is 50.6 Å². The minimum atomic E-state index is -1.27. The average Bonchev–Trinajstić information content (AvgIpc) is 2.99. The fraction of sp³-hybridized carbons (Fsp3) is 0.118. The SMILES string of the molecule is CC1(C(=O)[O-])C=Cc2cccc(O)c2N1.CC1(C(=O)[O-])C=Cc2cccc(O)c2N1.[Al+3].[O-]c1ccccc1-c1ccccc1. The van der Waals surface area contributed by atoms with Crippen molar-refractivity contribution in [2.24, 2.45) is 0 Å². The van der Waals surface area contributed by atoms with Crippen LogP contribution in [-0.2, 0) is 9.59 Å². The average molecular weight is 605 g/mol. The number of fused-ring (bicyclic) bond motifs is 2. The maximum absolute atomic E-state index is 11.4. The molecule has 2 aliphatic heterocycles. The Hall–Kier alpha value is -5.17. The van der Waals surface area contributed by atoms with Crippen molar-refractivity contribution in [1.82, 2.24) is 0 Å². The Bertz CT molecular complexity index is 1620. The molecule has 0 bridgehead atoms. The molecule has 10 heteroatoms. The van der Waals surface area contributed by atoms with E-state index in [0.29, 0.717) is 11.4 Å². The smallest absolute Gasteiger partial charge is 0.872 e. The number of hydrogen-bond donors (Lipinski definition) is 4. The molecule has 6 rings (SSSR count). The maximum Gasteiger partial charge on any atom is 3.00 e. The topological polar surface area (TPSA) is 168 Å². The van der Waals surface area contributed by atoms with Gasteiger partial charge < -0.3 is 45.8 Å². The summed E-state index contributed by atoms with van der Waals surface area (Å²) in [5, 5.41) is 57.8. The van der Waals surface area contributed by atoms with Crippen LogP contribution >= 0.6 is 0 Å². The molecule has 0 aliphatic carbocycles. The Morgan fingerprint density at radius 2 is 1.07 bits per heavy atom. The normalized spacial score (nSPS) is 18.6. The van der Waals surface area contributed by atoms with Crippen LogP contribution in [0.15, 0.2) is 103 Å². The van der Waals surface area contributed by atoms with Gasteiger partial charge in [0.2, 0.25) is 0 Å². The van der Waals surface area contributed by atoms with Crippen LogP contribution in [0.2, 0.25) is 0 Å². The number of carboxylic acid groups (broad SMARTS) is 2. The van der Waals surface area contributed by atoms with Gasteiger partial charge in [-0.1, -0.05) is 103 Å². The van der Waals surface area contributed by atoms with Gasteiger partial charge in [-0.25, -0.2) is 0 Å². The first-order valence-corrected chi connectivity index (χ1v) is 13.3. The summed E-state index contributed by atoms with van der Waals surface area (Å²) in [4.78, 5) is 21.8. The van der Waals surface area contributed by atoms with Crippen LogP contribution in [0.5, 0.6) is 17.2 Å². The van der Waals surface area contributed by atoms with E-state index < -0.39 is 23.0 Å². The third-order valence-electron chi connectivity index (χ3n) is 6.93. The van der Waals surface area contributed by atoms with Crippen molar-refractivity contribution >= 4 is 52.8 Å². The first-order chi connectivity index (χ1) is 20.4. The summed E-state index contributed by atoms with van der Waals surface area (Å²) in [5.74, 6) is -2.32. The quantitative estimate of drug-likeness (QED) is 0.203. The number of carbonyl (C=O) groups excluding carboxylic acids is 2. The van der Waals surface area contributed by atoms with E-state index in [1.165, 1.54) is 38.1 Å². The Balaban J connectivity index is 0.000000179. The van der Waals surface area contributed by atoms with Crippen LogP contribution in [0.25, 0.3) is 23.3 Å². The molecule has 0 aromatic heterocycles. The van der Waals surface area contributed by atoms with E-state index in [-0.39, 0.29) is 34.6 Å². The molecule has 2 aliphatic rings. The zero-order chi connectivity index (χ0) is 31.2. The van der Waals surface area contributed by atoms with Crippen molar-refractivity contribution in [2.75, 3.05) is 10.6 Å². The zero-order valence-corrected chi connectivity index (χ0v) is 25.1. The van der Waals surface area contributed by atoms with Crippen molar-refractivity contribution in [3.05, 3.63) is 114 Å². The molecule has 0 amide bonds. The Morgan fingerprint density at radius 3 is 1.50 bits per heavy atom.